The fourth-order valence-electron chi connectivity index (χ4n) is 3.93. The molecule has 0 saturated heterocycles. The molecular formula is C26H25FN4O4S. The van der Waals surface area contributed by atoms with Crippen LogP contribution < -0.4 is 4.72 Å². The summed E-state index contributed by atoms with van der Waals surface area (Å²) in [5, 5.41) is 15.0. The van der Waals surface area contributed by atoms with Gasteiger partial charge in [0.05, 0.1) is 17.0 Å². The van der Waals surface area contributed by atoms with Gasteiger partial charge in [-0.15, -0.1) is 0 Å². The largest absolute Gasteiger partial charge is 0.507 e. The van der Waals surface area contributed by atoms with E-state index in [1.807, 2.05) is 16.2 Å². The number of sulfonamides is 1. The first kappa shape index (κ1) is 24.9. The normalized spacial score (nSPS) is 12.2. The summed E-state index contributed by atoms with van der Waals surface area (Å²) in [5.74, 6) is -0.913. The Kier molecular flexibility index (Phi) is 6.80. The number of aromatic hydroxyl groups is 1. The molecular weight excluding hydrogens is 483 g/mol. The maximum atomic E-state index is 13.6. The molecule has 0 aliphatic heterocycles. The van der Waals surface area contributed by atoms with E-state index in [-0.39, 0.29) is 11.6 Å². The summed E-state index contributed by atoms with van der Waals surface area (Å²) in [6, 6.07) is 11.3. The lowest BCUT2D eigenvalue weighted by molar-refractivity contribution is -0.114. The van der Waals surface area contributed by atoms with Gasteiger partial charge >= 0.3 is 0 Å². The van der Waals surface area contributed by atoms with Crippen molar-refractivity contribution >= 4 is 39.0 Å². The summed E-state index contributed by atoms with van der Waals surface area (Å²) in [7, 11) is -2.20. The van der Waals surface area contributed by atoms with Crippen LogP contribution in [0.2, 0.25) is 0 Å². The lowest BCUT2D eigenvalue weighted by Gasteiger charge is -2.08. The van der Waals surface area contributed by atoms with Gasteiger partial charge in [-0.1, -0.05) is 24.3 Å². The van der Waals surface area contributed by atoms with Crippen molar-refractivity contribution in [3.8, 4) is 11.6 Å². The predicted molar refractivity (Wildman–Crippen MR) is 138 cm³/mol. The summed E-state index contributed by atoms with van der Waals surface area (Å²) < 4.78 is 43.8. The van der Waals surface area contributed by atoms with E-state index >= 15 is 0 Å². The van der Waals surface area contributed by atoms with Gasteiger partial charge in [-0.3, -0.25) is 9.48 Å². The molecule has 2 heterocycles. The minimum Gasteiger partial charge on any atom is -0.507 e. The minimum absolute atomic E-state index is 0.0406. The SMILES string of the molecule is Cc1ccc(C=CCS(=O)(=O)NC(=O)/C=C/c2c(C)nn(C)c2-n2ccc3cc(F)ccc32)c(O)c1. The number of amides is 1. The van der Waals surface area contributed by atoms with Crippen molar-refractivity contribution in [2.24, 2.45) is 7.05 Å². The van der Waals surface area contributed by atoms with Crippen molar-refractivity contribution in [2.75, 3.05) is 5.75 Å². The van der Waals surface area contributed by atoms with Crippen molar-refractivity contribution in [3.63, 3.8) is 0 Å². The zero-order valence-corrected chi connectivity index (χ0v) is 20.8. The smallest absolute Gasteiger partial charge is 0.257 e. The third kappa shape index (κ3) is 5.38. The molecule has 0 unspecified atom stereocenters. The van der Waals surface area contributed by atoms with Crippen LogP contribution in [0.25, 0.3) is 28.9 Å². The van der Waals surface area contributed by atoms with Gasteiger partial charge in [0, 0.05) is 35.8 Å². The van der Waals surface area contributed by atoms with Crippen molar-refractivity contribution < 1.29 is 22.7 Å². The van der Waals surface area contributed by atoms with Gasteiger partial charge in [0.15, 0.2) is 0 Å². The highest BCUT2D eigenvalue weighted by molar-refractivity contribution is 7.90. The molecule has 0 aliphatic carbocycles. The van der Waals surface area contributed by atoms with Crippen LogP contribution in [0.3, 0.4) is 0 Å². The number of hydrogen-bond donors (Lipinski definition) is 2. The quantitative estimate of drug-likeness (QED) is 0.367. The minimum atomic E-state index is -3.95. The Morgan fingerprint density at radius 2 is 1.92 bits per heavy atom. The van der Waals surface area contributed by atoms with E-state index in [1.165, 1.54) is 30.4 Å². The van der Waals surface area contributed by atoms with Crippen LogP contribution in [0.5, 0.6) is 5.75 Å². The number of phenolic OH excluding ortho intramolecular Hbond substituents is 1. The second kappa shape index (κ2) is 9.82. The third-order valence-corrected chi connectivity index (χ3v) is 6.72. The molecule has 0 fully saturated rings. The number of aryl methyl sites for hydroxylation is 3. The van der Waals surface area contributed by atoms with E-state index in [0.29, 0.717) is 28.0 Å². The molecule has 2 N–H and O–H groups in total. The highest BCUT2D eigenvalue weighted by atomic mass is 32.2. The van der Waals surface area contributed by atoms with Crippen molar-refractivity contribution in [1.29, 1.82) is 0 Å². The lowest BCUT2D eigenvalue weighted by atomic mass is 10.1. The molecule has 2 aromatic carbocycles. The maximum absolute atomic E-state index is 13.6. The maximum Gasteiger partial charge on any atom is 0.257 e. The molecule has 36 heavy (non-hydrogen) atoms. The first-order valence-corrected chi connectivity index (χ1v) is 12.7. The Bertz CT molecular complexity index is 1630. The number of hydrogen-bond acceptors (Lipinski definition) is 5. The number of aromatic nitrogens is 3. The highest BCUT2D eigenvalue weighted by Crippen LogP contribution is 2.26. The number of phenols is 1. The highest BCUT2D eigenvalue weighted by Gasteiger charge is 2.16. The molecule has 4 aromatic rings. The van der Waals surface area contributed by atoms with Gasteiger partial charge in [-0.05, 0) is 55.8 Å². The number of nitrogens with one attached hydrogen (secondary N) is 1. The zero-order valence-electron chi connectivity index (χ0n) is 19.9. The summed E-state index contributed by atoms with van der Waals surface area (Å²) in [4.78, 5) is 12.4. The Hall–Kier alpha value is -4.18. The van der Waals surface area contributed by atoms with Crippen LogP contribution in [0.15, 0.2) is 60.8 Å². The first-order valence-electron chi connectivity index (χ1n) is 11.0. The number of carbonyl (C=O) groups is 1. The van der Waals surface area contributed by atoms with Crippen LogP contribution in [0.1, 0.15) is 22.4 Å². The Labute approximate surface area is 208 Å². The molecule has 0 saturated carbocycles. The monoisotopic (exact) mass is 508 g/mol. The molecule has 0 aliphatic rings. The van der Waals surface area contributed by atoms with Crippen LogP contribution >= 0.6 is 0 Å². The second-order valence-electron chi connectivity index (χ2n) is 8.38. The van der Waals surface area contributed by atoms with Gasteiger partial charge in [-0.2, -0.15) is 5.10 Å². The third-order valence-electron chi connectivity index (χ3n) is 5.57. The molecule has 0 atom stereocenters. The topological polar surface area (TPSA) is 106 Å². The van der Waals surface area contributed by atoms with Crippen molar-refractivity contribution in [1.82, 2.24) is 19.1 Å². The van der Waals surface area contributed by atoms with Crippen molar-refractivity contribution in [3.05, 3.63) is 89.0 Å². The molecule has 0 bridgehead atoms. The summed E-state index contributed by atoms with van der Waals surface area (Å²) in [6.07, 6.45) is 7.24. The average molecular weight is 509 g/mol. The Morgan fingerprint density at radius 1 is 1.14 bits per heavy atom. The number of halogens is 1. The number of benzene rings is 2. The standard InChI is InChI=1S/C26H25FN4O4S/c1-17-6-7-19(24(32)15-17)5-4-14-36(34,35)29-25(33)11-9-22-18(2)28-30(3)26(22)31-13-12-20-16-21(27)8-10-23(20)31/h4-13,15-16,32H,14H2,1-3H3,(H,29,33)/b5-4?,11-9+. The molecule has 186 valence electrons. The lowest BCUT2D eigenvalue weighted by Crippen LogP contribution is -2.30. The predicted octanol–water partition coefficient (Wildman–Crippen LogP) is 4.00. The van der Waals surface area contributed by atoms with Crippen LogP contribution in [0.4, 0.5) is 4.39 Å². The van der Waals surface area contributed by atoms with Gasteiger partial charge in [0.25, 0.3) is 5.91 Å². The molecule has 0 spiro atoms. The number of rotatable bonds is 7. The van der Waals surface area contributed by atoms with E-state index in [9.17, 15) is 22.7 Å². The van der Waals surface area contributed by atoms with Crippen molar-refractivity contribution in [2.45, 2.75) is 13.8 Å². The van der Waals surface area contributed by atoms with E-state index in [0.717, 1.165) is 17.2 Å². The van der Waals surface area contributed by atoms with E-state index in [1.54, 1.807) is 55.2 Å². The van der Waals surface area contributed by atoms with E-state index < -0.39 is 21.7 Å². The average Bonchev–Trinajstić information content (AvgIpc) is 3.31. The first-order chi connectivity index (χ1) is 17.0. The summed E-state index contributed by atoms with van der Waals surface area (Å²) >= 11 is 0. The fourth-order valence-corrected chi connectivity index (χ4v) is 4.73. The van der Waals surface area contributed by atoms with Gasteiger partial charge in [0.1, 0.15) is 17.4 Å². The molecule has 4 rings (SSSR count). The van der Waals surface area contributed by atoms with E-state index in [2.05, 4.69) is 5.10 Å². The van der Waals surface area contributed by atoms with Gasteiger partial charge in [0.2, 0.25) is 10.0 Å². The van der Waals surface area contributed by atoms with Gasteiger partial charge in [-0.25, -0.2) is 17.5 Å². The van der Waals surface area contributed by atoms with E-state index in [4.69, 9.17) is 0 Å². The number of fused-ring (bicyclic) bond motifs is 1. The number of nitrogens with zero attached hydrogens (tertiary/aromatic N) is 3. The molecule has 1 amide bonds. The Morgan fingerprint density at radius 3 is 2.67 bits per heavy atom. The zero-order chi connectivity index (χ0) is 26.0. The Balaban J connectivity index is 1.51. The fraction of sp³-hybridized carbons (Fsp3) is 0.154. The number of carbonyl (C=O) groups excluding carboxylic acids is 1. The summed E-state index contributed by atoms with van der Waals surface area (Å²) in [6.45, 7) is 3.60. The molecule has 10 heteroatoms. The van der Waals surface area contributed by atoms with Gasteiger partial charge < -0.3 is 9.67 Å². The summed E-state index contributed by atoms with van der Waals surface area (Å²) in [5.41, 5.74) is 3.35. The molecule has 0 radical (unpaired) electrons. The molecule has 8 nitrogen and oxygen atoms in total. The van der Waals surface area contributed by atoms with Crippen LogP contribution in [0, 0.1) is 19.7 Å². The van der Waals surface area contributed by atoms with Crippen LogP contribution in [-0.4, -0.2) is 39.5 Å². The van der Waals surface area contributed by atoms with Crippen LogP contribution in [-0.2, 0) is 21.9 Å². The molecule has 2 aromatic heterocycles. The second-order valence-corrected chi connectivity index (χ2v) is 10.1.